The number of nitrogens with zero attached hydrogens (tertiary/aromatic N) is 3. The minimum atomic E-state index is -1.52. The van der Waals surface area contributed by atoms with Gasteiger partial charge in [-0.2, -0.15) is 0 Å². The Morgan fingerprint density at radius 2 is 2.18 bits per heavy atom. The zero-order valence-electron chi connectivity index (χ0n) is 8.17. The van der Waals surface area contributed by atoms with Crippen LogP contribution in [0.5, 0.6) is 0 Å². The molecule has 0 aliphatic rings. The quantitative estimate of drug-likeness (QED) is 0.865. The first-order valence-electron chi connectivity index (χ1n) is 4.36. The van der Waals surface area contributed by atoms with Gasteiger partial charge >= 0.3 is 11.8 Å². The number of carboxylic acid groups (broad SMARTS) is 1. The fraction of sp³-hybridized carbons (Fsp3) is 0. The molecule has 0 saturated carbocycles. The van der Waals surface area contributed by atoms with Gasteiger partial charge in [0.15, 0.2) is 0 Å². The van der Waals surface area contributed by atoms with E-state index >= 15 is 0 Å². The Balaban J connectivity index is 2.62. The van der Waals surface area contributed by atoms with Crippen LogP contribution in [0, 0.1) is 5.82 Å². The van der Waals surface area contributed by atoms with Gasteiger partial charge in [-0.15, -0.1) is 9.78 Å². The van der Waals surface area contributed by atoms with Gasteiger partial charge < -0.3 is 5.11 Å². The van der Waals surface area contributed by atoms with Crippen molar-refractivity contribution in [2.24, 2.45) is 0 Å². The maximum atomic E-state index is 13.6. The lowest BCUT2D eigenvalue weighted by atomic mass is 10.3. The molecule has 0 spiro atoms. The number of aromatic nitrogens is 3. The first-order valence-corrected chi connectivity index (χ1v) is 5.15. The lowest BCUT2D eigenvalue weighted by Crippen LogP contribution is -2.28. The van der Waals surface area contributed by atoms with Crippen LogP contribution in [-0.4, -0.2) is 25.5 Å². The topological polar surface area (TPSA) is 77.1 Å². The van der Waals surface area contributed by atoms with E-state index < -0.39 is 17.6 Å². The van der Waals surface area contributed by atoms with E-state index in [4.69, 9.17) is 5.11 Å². The molecule has 0 unspecified atom stereocenters. The van der Waals surface area contributed by atoms with Crippen molar-refractivity contribution < 1.29 is 14.3 Å². The van der Waals surface area contributed by atoms with Gasteiger partial charge in [0.1, 0.15) is 12.1 Å². The molecule has 0 amide bonds. The molecule has 0 radical (unpaired) electrons. The summed E-state index contributed by atoms with van der Waals surface area (Å²) in [5.41, 5.74) is -1.01. The number of hydrogen-bond acceptors (Lipinski definition) is 3. The van der Waals surface area contributed by atoms with Crippen molar-refractivity contribution >= 4 is 22.0 Å². The lowest BCUT2D eigenvalue weighted by molar-refractivity contribution is 0.191. The second kappa shape index (κ2) is 4.13. The zero-order chi connectivity index (χ0) is 12.6. The van der Waals surface area contributed by atoms with Crippen LogP contribution in [0.15, 0.2) is 33.8 Å². The van der Waals surface area contributed by atoms with Gasteiger partial charge in [-0.1, -0.05) is 15.9 Å². The molecule has 0 fully saturated rings. The summed E-state index contributed by atoms with van der Waals surface area (Å²) < 4.78 is 15.1. The van der Waals surface area contributed by atoms with E-state index in [0.717, 1.165) is 10.9 Å². The molecule has 1 aromatic heterocycles. The summed E-state index contributed by atoms with van der Waals surface area (Å²) >= 11 is 3.07. The van der Waals surface area contributed by atoms with Gasteiger partial charge in [0.2, 0.25) is 0 Å². The monoisotopic (exact) mass is 301 g/mol. The SMILES string of the molecule is O=C(O)n1ncn(-c2ccc(Br)cc2F)c1=O. The van der Waals surface area contributed by atoms with Gasteiger partial charge in [0, 0.05) is 4.47 Å². The Hall–Kier alpha value is -1.96. The molecular formula is C9H5BrFN3O3. The number of rotatable bonds is 1. The van der Waals surface area contributed by atoms with Crippen LogP contribution in [0.3, 0.4) is 0 Å². The molecule has 0 bridgehead atoms. The van der Waals surface area contributed by atoms with E-state index in [-0.39, 0.29) is 10.4 Å². The van der Waals surface area contributed by atoms with Gasteiger partial charge in [-0.3, -0.25) is 0 Å². The highest BCUT2D eigenvalue weighted by Gasteiger charge is 2.14. The minimum absolute atomic E-state index is 0.0642. The molecular weight excluding hydrogens is 297 g/mol. The average molecular weight is 302 g/mol. The van der Waals surface area contributed by atoms with Crippen LogP contribution in [0.1, 0.15) is 0 Å². The lowest BCUT2D eigenvalue weighted by Gasteiger charge is -2.01. The number of halogens is 2. The van der Waals surface area contributed by atoms with E-state index in [1.165, 1.54) is 18.2 Å². The molecule has 88 valence electrons. The first-order chi connectivity index (χ1) is 8.00. The second-order valence-corrected chi connectivity index (χ2v) is 3.99. The maximum Gasteiger partial charge on any atom is 0.436 e. The largest absolute Gasteiger partial charge is 0.463 e. The van der Waals surface area contributed by atoms with E-state index in [1.54, 1.807) is 0 Å². The van der Waals surface area contributed by atoms with E-state index in [9.17, 15) is 14.0 Å². The summed E-state index contributed by atoms with van der Waals surface area (Å²) in [6.07, 6.45) is -0.575. The molecule has 2 aromatic rings. The molecule has 1 aromatic carbocycles. The summed E-state index contributed by atoms with van der Waals surface area (Å²) in [5.74, 6) is -0.661. The molecule has 0 saturated heterocycles. The van der Waals surface area contributed by atoms with Crippen molar-refractivity contribution in [3.8, 4) is 5.69 Å². The zero-order valence-corrected chi connectivity index (χ0v) is 9.76. The molecule has 17 heavy (non-hydrogen) atoms. The van der Waals surface area contributed by atoms with Crippen LogP contribution >= 0.6 is 15.9 Å². The molecule has 1 heterocycles. The highest BCUT2D eigenvalue weighted by Crippen LogP contribution is 2.17. The molecule has 2 rings (SSSR count). The highest BCUT2D eigenvalue weighted by molar-refractivity contribution is 9.10. The standard InChI is InChI=1S/C9H5BrFN3O3/c10-5-1-2-7(6(11)3-5)13-4-12-14(8(13)15)9(16)17/h1-4H,(H,16,17). The normalized spacial score (nSPS) is 10.5. The van der Waals surface area contributed by atoms with E-state index in [0.29, 0.717) is 4.47 Å². The van der Waals surface area contributed by atoms with Crippen molar-refractivity contribution in [2.75, 3.05) is 0 Å². The fourth-order valence-corrected chi connectivity index (χ4v) is 1.61. The summed E-state index contributed by atoms with van der Waals surface area (Å²) in [6.45, 7) is 0. The Labute approximate surface area is 102 Å². The summed E-state index contributed by atoms with van der Waals surface area (Å²) in [6, 6.07) is 4.04. The summed E-state index contributed by atoms with van der Waals surface area (Å²) in [5, 5.41) is 12.0. The second-order valence-electron chi connectivity index (χ2n) is 3.07. The predicted octanol–water partition coefficient (Wildman–Crippen LogP) is 1.46. The van der Waals surface area contributed by atoms with Crippen LogP contribution < -0.4 is 5.69 Å². The number of carbonyl (C=O) groups is 1. The van der Waals surface area contributed by atoms with Crippen LogP contribution in [0.25, 0.3) is 5.69 Å². The van der Waals surface area contributed by atoms with Crippen molar-refractivity contribution in [3.63, 3.8) is 0 Å². The third-order valence-corrected chi connectivity index (χ3v) is 2.51. The van der Waals surface area contributed by atoms with Gasteiger partial charge in [0.05, 0.1) is 5.69 Å². The Morgan fingerprint density at radius 1 is 1.47 bits per heavy atom. The summed E-state index contributed by atoms with van der Waals surface area (Å²) in [4.78, 5) is 22.1. The van der Waals surface area contributed by atoms with E-state index in [2.05, 4.69) is 21.0 Å². The number of hydrogen-bond donors (Lipinski definition) is 1. The van der Waals surface area contributed by atoms with Crippen LogP contribution in [-0.2, 0) is 0 Å². The maximum absolute atomic E-state index is 13.6. The van der Waals surface area contributed by atoms with Crippen LogP contribution in [0.4, 0.5) is 9.18 Å². The molecule has 8 heteroatoms. The van der Waals surface area contributed by atoms with E-state index in [1.807, 2.05) is 0 Å². The van der Waals surface area contributed by atoms with Crippen molar-refractivity contribution in [1.29, 1.82) is 0 Å². The predicted molar refractivity (Wildman–Crippen MR) is 58.9 cm³/mol. The Morgan fingerprint density at radius 3 is 2.71 bits per heavy atom. The molecule has 0 aliphatic carbocycles. The number of benzene rings is 1. The van der Waals surface area contributed by atoms with Gasteiger partial charge in [0.25, 0.3) is 0 Å². The fourth-order valence-electron chi connectivity index (χ4n) is 1.28. The Kier molecular flexibility index (Phi) is 2.80. The minimum Gasteiger partial charge on any atom is -0.463 e. The molecule has 0 atom stereocenters. The third kappa shape index (κ3) is 1.98. The van der Waals surface area contributed by atoms with Gasteiger partial charge in [-0.05, 0) is 18.2 Å². The molecule has 0 aliphatic heterocycles. The molecule has 6 nitrogen and oxygen atoms in total. The molecule has 1 N–H and O–H groups in total. The van der Waals surface area contributed by atoms with Crippen molar-refractivity contribution in [3.05, 3.63) is 45.3 Å². The smallest absolute Gasteiger partial charge is 0.436 e. The first kappa shape index (κ1) is 11.5. The Bertz CT molecular complexity index is 649. The van der Waals surface area contributed by atoms with Gasteiger partial charge in [-0.25, -0.2) is 18.5 Å². The van der Waals surface area contributed by atoms with Crippen molar-refractivity contribution in [2.45, 2.75) is 0 Å². The van der Waals surface area contributed by atoms with Crippen molar-refractivity contribution in [1.82, 2.24) is 14.3 Å². The third-order valence-electron chi connectivity index (χ3n) is 2.02. The summed E-state index contributed by atoms with van der Waals surface area (Å²) in [7, 11) is 0. The highest BCUT2D eigenvalue weighted by atomic mass is 79.9. The van der Waals surface area contributed by atoms with Crippen LogP contribution in [0.2, 0.25) is 0 Å². The average Bonchev–Trinajstić information content (AvgIpc) is 2.60.